The Morgan fingerprint density at radius 2 is 2.07 bits per heavy atom. The van der Waals surface area contributed by atoms with Crippen LogP contribution in [-0.4, -0.2) is 28.8 Å². The number of benzene rings is 1. The molecule has 27 heavy (non-hydrogen) atoms. The maximum Gasteiger partial charge on any atom is 0.191 e. The van der Waals surface area contributed by atoms with Crippen molar-refractivity contribution in [2.24, 2.45) is 10.9 Å². The molecule has 6 nitrogen and oxygen atoms in total. The zero-order chi connectivity index (χ0) is 18.4. The van der Waals surface area contributed by atoms with Gasteiger partial charge in [0.2, 0.25) is 0 Å². The number of furan rings is 1. The number of rotatable bonds is 7. The Kier molecular flexibility index (Phi) is 8.15. The van der Waals surface area contributed by atoms with Crippen LogP contribution < -0.4 is 10.6 Å². The van der Waals surface area contributed by atoms with Gasteiger partial charge in [-0.05, 0) is 31.9 Å². The molecule has 0 saturated carbocycles. The second-order valence-corrected chi connectivity index (χ2v) is 6.56. The van der Waals surface area contributed by atoms with Gasteiger partial charge in [0.1, 0.15) is 17.9 Å². The number of guanidine groups is 1. The van der Waals surface area contributed by atoms with Gasteiger partial charge in [0.25, 0.3) is 0 Å². The van der Waals surface area contributed by atoms with Crippen LogP contribution in [0.4, 0.5) is 0 Å². The van der Waals surface area contributed by atoms with Gasteiger partial charge in [-0.2, -0.15) is 5.10 Å². The SMILES string of the molecule is CCNC(=NCc1oc2ccccc2c1C)NCC(C)Cn1cccn1.I. The van der Waals surface area contributed by atoms with E-state index in [9.17, 15) is 0 Å². The molecule has 2 heterocycles. The lowest BCUT2D eigenvalue weighted by Crippen LogP contribution is -2.40. The minimum Gasteiger partial charge on any atom is -0.459 e. The van der Waals surface area contributed by atoms with Crippen molar-refractivity contribution in [2.45, 2.75) is 33.9 Å². The number of nitrogens with one attached hydrogen (secondary N) is 2. The number of aliphatic imine (C=N–C) groups is 1. The van der Waals surface area contributed by atoms with Gasteiger partial charge in [-0.1, -0.05) is 25.1 Å². The summed E-state index contributed by atoms with van der Waals surface area (Å²) in [4.78, 5) is 4.69. The Balaban J connectivity index is 0.00000261. The minimum absolute atomic E-state index is 0. The first-order chi connectivity index (χ1) is 12.7. The van der Waals surface area contributed by atoms with Gasteiger partial charge in [0.15, 0.2) is 5.96 Å². The summed E-state index contributed by atoms with van der Waals surface area (Å²) < 4.78 is 7.90. The van der Waals surface area contributed by atoms with Gasteiger partial charge in [0, 0.05) is 43.0 Å². The molecule has 0 saturated heterocycles. The largest absolute Gasteiger partial charge is 0.459 e. The van der Waals surface area contributed by atoms with Crippen LogP contribution in [0.15, 0.2) is 52.1 Å². The molecule has 0 aliphatic heterocycles. The predicted octanol–water partition coefficient (Wildman–Crippen LogP) is 3.95. The van der Waals surface area contributed by atoms with E-state index in [1.807, 2.05) is 35.1 Å². The molecule has 0 spiro atoms. The van der Waals surface area contributed by atoms with E-state index in [-0.39, 0.29) is 24.0 Å². The lowest BCUT2D eigenvalue weighted by Gasteiger charge is -2.16. The van der Waals surface area contributed by atoms with Crippen LogP contribution in [0, 0.1) is 12.8 Å². The van der Waals surface area contributed by atoms with Crippen molar-refractivity contribution in [3.63, 3.8) is 0 Å². The third-order valence-electron chi connectivity index (χ3n) is 4.34. The number of aromatic nitrogens is 2. The molecule has 3 rings (SSSR count). The molecule has 2 aromatic heterocycles. The normalized spacial score (nSPS) is 12.6. The van der Waals surface area contributed by atoms with Gasteiger partial charge in [0.05, 0.1) is 0 Å². The third kappa shape index (κ3) is 5.72. The molecular weight excluding hydrogens is 453 g/mol. The van der Waals surface area contributed by atoms with E-state index in [1.54, 1.807) is 6.20 Å². The van der Waals surface area contributed by atoms with E-state index in [0.717, 1.165) is 47.9 Å². The van der Waals surface area contributed by atoms with Gasteiger partial charge < -0.3 is 15.1 Å². The van der Waals surface area contributed by atoms with Crippen molar-refractivity contribution in [1.82, 2.24) is 20.4 Å². The second-order valence-electron chi connectivity index (χ2n) is 6.56. The van der Waals surface area contributed by atoms with Crippen molar-refractivity contribution in [3.8, 4) is 0 Å². The zero-order valence-electron chi connectivity index (χ0n) is 16.1. The van der Waals surface area contributed by atoms with Gasteiger partial charge >= 0.3 is 0 Å². The Labute approximate surface area is 177 Å². The highest BCUT2D eigenvalue weighted by Crippen LogP contribution is 2.25. The van der Waals surface area contributed by atoms with E-state index in [4.69, 9.17) is 4.42 Å². The van der Waals surface area contributed by atoms with E-state index in [2.05, 4.69) is 47.6 Å². The fraction of sp³-hybridized carbons (Fsp3) is 0.400. The molecule has 1 atom stereocenters. The lowest BCUT2D eigenvalue weighted by atomic mass is 10.1. The molecule has 0 aliphatic rings. The first-order valence-corrected chi connectivity index (χ1v) is 9.14. The third-order valence-corrected chi connectivity index (χ3v) is 4.34. The standard InChI is InChI=1S/C20H27N5O.HI/c1-4-21-20(22-12-15(2)14-25-11-7-10-24-25)23-13-19-16(3)17-8-5-6-9-18(17)26-19;/h5-11,15H,4,12-14H2,1-3H3,(H2,21,22,23);1H. The Hall–Kier alpha value is -2.03. The van der Waals surface area contributed by atoms with E-state index >= 15 is 0 Å². The number of para-hydroxylation sites is 1. The van der Waals surface area contributed by atoms with Crippen molar-refractivity contribution in [1.29, 1.82) is 0 Å². The van der Waals surface area contributed by atoms with Crippen molar-refractivity contribution >= 4 is 40.9 Å². The monoisotopic (exact) mass is 481 g/mol. The molecular formula is C20H28IN5O. The maximum atomic E-state index is 5.95. The highest BCUT2D eigenvalue weighted by Gasteiger charge is 2.10. The van der Waals surface area contributed by atoms with Gasteiger partial charge in [-0.15, -0.1) is 24.0 Å². The van der Waals surface area contributed by atoms with Crippen LogP contribution in [-0.2, 0) is 13.1 Å². The molecule has 0 radical (unpaired) electrons. The topological polar surface area (TPSA) is 67.4 Å². The number of aryl methyl sites for hydroxylation is 1. The average Bonchev–Trinajstić information content (AvgIpc) is 3.26. The van der Waals surface area contributed by atoms with Crippen molar-refractivity contribution in [3.05, 3.63) is 54.0 Å². The number of halogens is 1. The number of hydrogen-bond acceptors (Lipinski definition) is 3. The summed E-state index contributed by atoms with van der Waals surface area (Å²) in [6, 6.07) is 10.1. The van der Waals surface area contributed by atoms with Crippen LogP contribution >= 0.6 is 24.0 Å². The fourth-order valence-electron chi connectivity index (χ4n) is 2.93. The maximum absolute atomic E-state index is 5.95. The second kappa shape index (κ2) is 10.3. The molecule has 2 N–H and O–H groups in total. The quantitative estimate of drug-likeness (QED) is 0.305. The molecule has 1 unspecified atom stereocenters. The number of fused-ring (bicyclic) bond motifs is 1. The average molecular weight is 481 g/mol. The summed E-state index contributed by atoms with van der Waals surface area (Å²) in [5.74, 6) is 2.15. The first kappa shape index (κ1) is 21.3. The molecule has 0 fully saturated rings. The summed E-state index contributed by atoms with van der Waals surface area (Å²) in [5, 5.41) is 12.1. The number of hydrogen-bond donors (Lipinski definition) is 2. The molecule has 7 heteroatoms. The predicted molar refractivity (Wildman–Crippen MR) is 121 cm³/mol. The highest BCUT2D eigenvalue weighted by atomic mass is 127. The summed E-state index contributed by atoms with van der Waals surface area (Å²) in [6.45, 7) is 9.39. The van der Waals surface area contributed by atoms with Crippen LogP contribution in [0.3, 0.4) is 0 Å². The molecule has 3 aromatic rings. The van der Waals surface area contributed by atoms with Crippen LogP contribution in [0.2, 0.25) is 0 Å². The molecule has 0 aliphatic carbocycles. The number of nitrogens with zero attached hydrogens (tertiary/aromatic N) is 3. The van der Waals surface area contributed by atoms with Gasteiger partial charge in [-0.3, -0.25) is 4.68 Å². The minimum atomic E-state index is 0. The zero-order valence-corrected chi connectivity index (χ0v) is 18.4. The fourth-order valence-corrected chi connectivity index (χ4v) is 2.93. The lowest BCUT2D eigenvalue weighted by molar-refractivity contribution is 0.443. The van der Waals surface area contributed by atoms with E-state index in [1.165, 1.54) is 0 Å². The Bertz CT molecular complexity index is 857. The molecule has 1 aromatic carbocycles. The summed E-state index contributed by atoms with van der Waals surface area (Å²) in [5.41, 5.74) is 2.08. The van der Waals surface area contributed by atoms with E-state index < -0.39 is 0 Å². The van der Waals surface area contributed by atoms with Crippen molar-refractivity contribution < 1.29 is 4.42 Å². The summed E-state index contributed by atoms with van der Waals surface area (Å²) >= 11 is 0. The van der Waals surface area contributed by atoms with E-state index in [0.29, 0.717) is 12.5 Å². The Morgan fingerprint density at radius 1 is 1.26 bits per heavy atom. The van der Waals surface area contributed by atoms with Crippen LogP contribution in [0.1, 0.15) is 25.2 Å². The smallest absolute Gasteiger partial charge is 0.191 e. The molecule has 146 valence electrons. The van der Waals surface area contributed by atoms with Gasteiger partial charge in [-0.25, -0.2) is 4.99 Å². The van der Waals surface area contributed by atoms with Crippen LogP contribution in [0.5, 0.6) is 0 Å². The molecule has 0 amide bonds. The highest BCUT2D eigenvalue weighted by molar-refractivity contribution is 14.0. The summed E-state index contributed by atoms with van der Waals surface area (Å²) in [7, 11) is 0. The molecule has 0 bridgehead atoms. The summed E-state index contributed by atoms with van der Waals surface area (Å²) in [6.07, 6.45) is 3.79. The first-order valence-electron chi connectivity index (χ1n) is 9.14. The van der Waals surface area contributed by atoms with Crippen molar-refractivity contribution in [2.75, 3.05) is 13.1 Å². The Morgan fingerprint density at radius 3 is 2.78 bits per heavy atom. The van der Waals surface area contributed by atoms with Crippen LogP contribution in [0.25, 0.3) is 11.0 Å².